The van der Waals surface area contributed by atoms with Crippen molar-refractivity contribution in [2.45, 2.75) is 32.0 Å². The summed E-state index contributed by atoms with van der Waals surface area (Å²) in [7, 11) is 0. The van der Waals surface area contributed by atoms with Gasteiger partial charge in [0.25, 0.3) is 5.91 Å². The summed E-state index contributed by atoms with van der Waals surface area (Å²) in [6, 6.07) is 11.3. The van der Waals surface area contributed by atoms with Crippen molar-refractivity contribution in [1.82, 2.24) is 20.0 Å². The van der Waals surface area contributed by atoms with Gasteiger partial charge < -0.3 is 5.32 Å². The van der Waals surface area contributed by atoms with Crippen LogP contribution in [0.4, 0.5) is 4.79 Å². The Kier molecular flexibility index (Phi) is 5.75. The Morgan fingerprint density at radius 2 is 2.00 bits per heavy atom. The van der Waals surface area contributed by atoms with Gasteiger partial charge in [-0.1, -0.05) is 30.3 Å². The van der Waals surface area contributed by atoms with Crippen molar-refractivity contribution in [3.8, 4) is 0 Å². The van der Waals surface area contributed by atoms with Crippen molar-refractivity contribution in [1.29, 1.82) is 0 Å². The molecule has 1 atom stereocenters. The molecule has 2 heterocycles. The standard InChI is InChI=1S/C18H22N4O2S/c1-25-12-9-16-17(23)21(18(24)20-16)13-15-7-10-19-22(15)11-8-14-5-3-2-4-6-14/h2-7,10,16H,8-9,11-13H2,1H3,(H,20,24)/t16-/m0/s1. The Hall–Kier alpha value is -2.28. The van der Waals surface area contributed by atoms with Gasteiger partial charge >= 0.3 is 6.03 Å². The highest BCUT2D eigenvalue weighted by atomic mass is 32.2. The number of hydrogen-bond acceptors (Lipinski definition) is 4. The van der Waals surface area contributed by atoms with E-state index in [-0.39, 0.29) is 18.5 Å². The summed E-state index contributed by atoms with van der Waals surface area (Å²) >= 11 is 1.67. The van der Waals surface area contributed by atoms with Gasteiger partial charge in [0.15, 0.2) is 0 Å². The number of urea groups is 1. The van der Waals surface area contributed by atoms with Crippen LogP contribution in [0.3, 0.4) is 0 Å². The predicted octanol–water partition coefficient (Wildman–Crippen LogP) is 2.30. The molecule has 1 fully saturated rings. The Balaban J connectivity index is 1.63. The van der Waals surface area contributed by atoms with Gasteiger partial charge in [0.2, 0.25) is 0 Å². The lowest BCUT2D eigenvalue weighted by Crippen LogP contribution is -2.32. The molecule has 0 saturated carbocycles. The van der Waals surface area contributed by atoms with E-state index in [4.69, 9.17) is 0 Å². The third-order valence-electron chi connectivity index (χ3n) is 4.30. The Labute approximate surface area is 151 Å². The van der Waals surface area contributed by atoms with E-state index in [0.717, 1.165) is 17.9 Å². The van der Waals surface area contributed by atoms with Crippen LogP contribution in [0.2, 0.25) is 0 Å². The largest absolute Gasteiger partial charge is 0.326 e. The second-order valence-corrected chi connectivity index (χ2v) is 6.97. The van der Waals surface area contributed by atoms with Crippen molar-refractivity contribution >= 4 is 23.7 Å². The second kappa shape index (κ2) is 8.20. The highest BCUT2D eigenvalue weighted by molar-refractivity contribution is 7.98. The summed E-state index contributed by atoms with van der Waals surface area (Å²) in [6.45, 7) is 0.973. The number of nitrogens with one attached hydrogen (secondary N) is 1. The average Bonchev–Trinajstić information content (AvgIpc) is 3.18. The zero-order chi connectivity index (χ0) is 17.6. The normalized spacial score (nSPS) is 17.2. The third-order valence-corrected chi connectivity index (χ3v) is 4.94. The fourth-order valence-corrected chi connectivity index (χ4v) is 3.37. The van der Waals surface area contributed by atoms with Crippen molar-refractivity contribution in [3.05, 3.63) is 53.9 Å². The topological polar surface area (TPSA) is 67.2 Å². The molecule has 0 radical (unpaired) electrons. The molecule has 0 unspecified atom stereocenters. The lowest BCUT2D eigenvalue weighted by molar-refractivity contribution is -0.127. The number of carbonyl (C=O) groups is 2. The van der Waals surface area contributed by atoms with Crippen molar-refractivity contribution in [2.24, 2.45) is 0 Å². The van der Waals surface area contributed by atoms with Gasteiger partial charge in [-0.3, -0.25) is 14.4 Å². The number of aryl methyl sites for hydroxylation is 2. The van der Waals surface area contributed by atoms with Crippen LogP contribution >= 0.6 is 11.8 Å². The molecule has 1 aromatic carbocycles. The fourth-order valence-electron chi connectivity index (χ4n) is 2.90. The van der Waals surface area contributed by atoms with E-state index in [1.165, 1.54) is 10.5 Å². The quantitative estimate of drug-likeness (QED) is 0.735. The molecule has 25 heavy (non-hydrogen) atoms. The number of rotatable bonds is 8. The Morgan fingerprint density at radius 3 is 2.76 bits per heavy atom. The van der Waals surface area contributed by atoms with Crippen molar-refractivity contribution < 1.29 is 9.59 Å². The number of imide groups is 1. The minimum Gasteiger partial charge on any atom is -0.326 e. The molecule has 0 bridgehead atoms. The molecule has 132 valence electrons. The number of carbonyl (C=O) groups excluding carboxylic acids is 2. The molecule has 6 nitrogen and oxygen atoms in total. The highest BCUT2D eigenvalue weighted by Crippen LogP contribution is 2.15. The zero-order valence-electron chi connectivity index (χ0n) is 14.2. The summed E-state index contributed by atoms with van der Waals surface area (Å²) in [5.41, 5.74) is 2.10. The minimum absolute atomic E-state index is 0.144. The number of benzene rings is 1. The molecule has 2 aromatic rings. The van der Waals surface area contributed by atoms with Crippen molar-refractivity contribution in [2.75, 3.05) is 12.0 Å². The molecule has 3 amide bonds. The molecule has 1 saturated heterocycles. The fraction of sp³-hybridized carbons (Fsp3) is 0.389. The van der Waals surface area contributed by atoms with Crippen LogP contribution in [0.15, 0.2) is 42.6 Å². The molecule has 1 aliphatic rings. The molecular formula is C18H22N4O2S. The van der Waals surface area contributed by atoms with Crippen LogP contribution in [-0.2, 0) is 24.3 Å². The molecule has 0 spiro atoms. The van der Waals surface area contributed by atoms with Crippen molar-refractivity contribution in [3.63, 3.8) is 0 Å². The van der Waals surface area contributed by atoms with Crippen LogP contribution in [0.1, 0.15) is 17.7 Å². The molecular weight excluding hydrogens is 336 g/mol. The molecule has 1 N–H and O–H groups in total. The number of amides is 3. The third kappa shape index (κ3) is 4.22. The van der Waals surface area contributed by atoms with Gasteiger partial charge in [0, 0.05) is 12.7 Å². The lowest BCUT2D eigenvalue weighted by atomic mass is 10.1. The van der Waals surface area contributed by atoms with E-state index in [0.29, 0.717) is 13.0 Å². The molecule has 1 aliphatic heterocycles. The molecule has 0 aliphatic carbocycles. The SMILES string of the molecule is CSCC[C@@H]1NC(=O)N(Cc2ccnn2CCc2ccccc2)C1=O. The van der Waals surface area contributed by atoms with E-state index in [1.807, 2.05) is 35.2 Å². The molecule has 7 heteroatoms. The summed E-state index contributed by atoms with van der Waals surface area (Å²) in [4.78, 5) is 25.9. The first-order valence-electron chi connectivity index (χ1n) is 8.34. The van der Waals surface area contributed by atoms with E-state index < -0.39 is 6.04 Å². The van der Waals surface area contributed by atoms with Crippen LogP contribution < -0.4 is 5.32 Å². The van der Waals surface area contributed by atoms with E-state index >= 15 is 0 Å². The number of hydrogen-bond donors (Lipinski definition) is 1. The van der Waals surface area contributed by atoms with Gasteiger partial charge in [-0.05, 0) is 36.5 Å². The van der Waals surface area contributed by atoms with Gasteiger partial charge in [0.05, 0.1) is 12.2 Å². The first kappa shape index (κ1) is 17.5. The number of nitrogens with zero attached hydrogens (tertiary/aromatic N) is 3. The van der Waals surface area contributed by atoms with Gasteiger partial charge in [-0.2, -0.15) is 16.9 Å². The summed E-state index contributed by atoms with van der Waals surface area (Å²) in [5, 5.41) is 7.11. The zero-order valence-corrected chi connectivity index (χ0v) is 15.0. The maximum Gasteiger partial charge on any atom is 0.325 e. The van der Waals surface area contributed by atoms with Gasteiger partial charge in [-0.25, -0.2) is 4.79 Å². The predicted molar refractivity (Wildman–Crippen MR) is 98.2 cm³/mol. The van der Waals surface area contributed by atoms with Crippen LogP contribution in [0, 0.1) is 0 Å². The molecule has 1 aromatic heterocycles. The minimum atomic E-state index is -0.402. The molecule has 3 rings (SSSR count). The van der Waals surface area contributed by atoms with E-state index in [9.17, 15) is 9.59 Å². The monoisotopic (exact) mass is 358 g/mol. The maximum absolute atomic E-state index is 12.4. The Bertz CT molecular complexity index is 732. The number of thioether (sulfide) groups is 1. The summed E-state index contributed by atoms with van der Waals surface area (Å²) in [6.07, 6.45) is 5.22. The van der Waals surface area contributed by atoms with E-state index in [2.05, 4.69) is 22.5 Å². The van der Waals surface area contributed by atoms with Crippen LogP contribution in [0.5, 0.6) is 0 Å². The highest BCUT2D eigenvalue weighted by Gasteiger charge is 2.37. The maximum atomic E-state index is 12.4. The van der Waals surface area contributed by atoms with E-state index in [1.54, 1.807) is 18.0 Å². The average molecular weight is 358 g/mol. The number of aromatic nitrogens is 2. The lowest BCUT2D eigenvalue weighted by Gasteiger charge is -2.14. The van der Waals surface area contributed by atoms with Gasteiger partial charge in [-0.15, -0.1) is 0 Å². The van der Waals surface area contributed by atoms with Crippen LogP contribution in [-0.4, -0.2) is 44.7 Å². The Morgan fingerprint density at radius 1 is 1.20 bits per heavy atom. The summed E-state index contributed by atoms with van der Waals surface area (Å²) < 4.78 is 1.86. The second-order valence-electron chi connectivity index (χ2n) is 5.99. The summed E-state index contributed by atoms with van der Waals surface area (Å²) in [5.74, 6) is 0.703. The first-order chi connectivity index (χ1) is 12.2. The van der Waals surface area contributed by atoms with Crippen LogP contribution in [0.25, 0.3) is 0 Å². The van der Waals surface area contributed by atoms with Gasteiger partial charge in [0.1, 0.15) is 6.04 Å². The smallest absolute Gasteiger partial charge is 0.325 e. The first-order valence-corrected chi connectivity index (χ1v) is 9.74.